The molecule has 0 bridgehead atoms. The van der Waals surface area contributed by atoms with Gasteiger partial charge in [0.2, 0.25) is 6.79 Å². The lowest BCUT2D eigenvalue weighted by Gasteiger charge is -2.36. The lowest BCUT2D eigenvalue weighted by molar-refractivity contribution is -0.150. The Bertz CT molecular complexity index is 499. The van der Waals surface area contributed by atoms with E-state index in [2.05, 4.69) is 0 Å². The summed E-state index contributed by atoms with van der Waals surface area (Å²) in [6, 6.07) is 5.60. The van der Waals surface area contributed by atoms with Gasteiger partial charge in [-0.3, -0.25) is 9.69 Å². The SMILES string of the molecule is CCN(CC)C(C)(Cc1ccc2c(c1)OCO2)C(=O)O. The number of aliphatic carboxylic acids is 1. The van der Waals surface area contributed by atoms with Crippen molar-refractivity contribution in [3.05, 3.63) is 23.8 Å². The Kier molecular flexibility index (Phi) is 4.18. The second-order valence-corrected chi connectivity index (χ2v) is 5.12. The minimum absolute atomic E-state index is 0.227. The van der Waals surface area contributed by atoms with Crippen molar-refractivity contribution in [2.24, 2.45) is 0 Å². The van der Waals surface area contributed by atoms with Crippen LogP contribution in [-0.2, 0) is 11.2 Å². The lowest BCUT2D eigenvalue weighted by Crippen LogP contribution is -2.53. The summed E-state index contributed by atoms with van der Waals surface area (Å²) in [5, 5.41) is 9.62. The van der Waals surface area contributed by atoms with Gasteiger partial charge in [-0.1, -0.05) is 19.9 Å². The number of nitrogens with zero attached hydrogens (tertiary/aromatic N) is 1. The molecule has 0 fully saturated rings. The van der Waals surface area contributed by atoms with Crippen LogP contribution in [0.1, 0.15) is 26.3 Å². The van der Waals surface area contributed by atoms with Crippen molar-refractivity contribution in [2.45, 2.75) is 32.7 Å². The van der Waals surface area contributed by atoms with Crippen molar-refractivity contribution >= 4 is 5.97 Å². The average molecular weight is 279 g/mol. The number of carboxylic acid groups (broad SMARTS) is 1. The number of rotatable bonds is 6. The molecule has 1 aromatic rings. The fourth-order valence-electron chi connectivity index (χ4n) is 2.69. The van der Waals surface area contributed by atoms with E-state index in [0.717, 1.165) is 5.56 Å². The van der Waals surface area contributed by atoms with Gasteiger partial charge in [0.1, 0.15) is 5.54 Å². The monoisotopic (exact) mass is 279 g/mol. The van der Waals surface area contributed by atoms with Crippen LogP contribution in [0.25, 0.3) is 0 Å². The number of carboxylic acids is 1. The third kappa shape index (κ3) is 2.58. The molecule has 0 amide bonds. The quantitative estimate of drug-likeness (QED) is 0.864. The molecule has 5 heteroatoms. The van der Waals surface area contributed by atoms with E-state index in [9.17, 15) is 9.90 Å². The Morgan fingerprint density at radius 3 is 2.55 bits per heavy atom. The Hall–Kier alpha value is -1.75. The van der Waals surface area contributed by atoms with Gasteiger partial charge in [0.15, 0.2) is 11.5 Å². The topological polar surface area (TPSA) is 59.0 Å². The summed E-state index contributed by atoms with van der Waals surface area (Å²) in [4.78, 5) is 13.7. The molecular formula is C15H21NO4. The molecule has 1 heterocycles. The van der Waals surface area contributed by atoms with Gasteiger partial charge >= 0.3 is 5.97 Å². The van der Waals surface area contributed by atoms with Crippen molar-refractivity contribution in [1.82, 2.24) is 4.90 Å². The van der Waals surface area contributed by atoms with Crippen molar-refractivity contribution in [1.29, 1.82) is 0 Å². The van der Waals surface area contributed by atoms with Crippen molar-refractivity contribution in [3.63, 3.8) is 0 Å². The Labute approximate surface area is 119 Å². The van der Waals surface area contributed by atoms with Crippen LogP contribution in [0.5, 0.6) is 11.5 Å². The van der Waals surface area contributed by atoms with Crippen LogP contribution in [0.15, 0.2) is 18.2 Å². The van der Waals surface area contributed by atoms with E-state index in [1.165, 1.54) is 0 Å². The Balaban J connectivity index is 2.26. The highest BCUT2D eigenvalue weighted by atomic mass is 16.7. The highest BCUT2D eigenvalue weighted by Gasteiger charge is 2.38. The zero-order valence-corrected chi connectivity index (χ0v) is 12.2. The second kappa shape index (κ2) is 5.71. The number of fused-ring (bicyclic) bond motifs is 1. The van der Waals surface area contributed by atoms with E-state index in [-0.39, 0.29) is 6.79 Å². The molecule has 20 heavy (non-hydrogen) atoms. The van der Waals surface area contributed by atoms with Crippen LogP contribution in [0, 0.1) is 0 Å². The third-order valence-electron chi connectivity index (χ3n) is 3.91. The molecule has 1 N–H and O–H groups in total. The molecule has 0 saturated heterocycles. The molecule has 0 aromatic heterocycles. The fraction of sp³-hybridized carbons (Fsp3) is 0.533. The first-order chi connectivity index (χ1) is 9.51. The summed E-state index contributed by atoms with van der Waals surface area (Å²) in [5.41, 5.74) is 0.0167. The molecule has 2 rings (SSSR count). The van der Waals surface area contributed by atoms with Crippen LogP contribution in [0.2, 0.25) is 0 Å². The molecule has 1 aliphatic heterocycles. The number of carbonyl (C=O) groups is 1. The van der Waals surface area contributed by atoms with Crippen LogP contribution in [0.3, 0.4) is 0 Å². The summed E-state index contributed by atoms with van der Waals surface area (Å²) in [6.07, 6.45) is 0.431. The largest absolute Gasteiger partial charge is 0.480 e. The maximum absolute atomic E-state index is 11.7. The third-order valence-corrected chi connectivity index (χ3v) is 3.91. The Morgan fingerprint density at radius 1 is 1.30 bits per heavy atom. The van der Waals surface area contributed by atoms with Crippen molar-refractivity contribution < 1.29 is 19.4 Å². The maximum Gasteiger partial charge on any atom is 0.324 e. The van der Waals surface area contributed by atoms with Gasteiger partial charge in [-0.15, -0.1) is 0 Å². The van der Waals surface area contributed by atoms with Crippen molar-refractivity contribution in [2.75, 3.05) is 19.9 Å². The molecule has 0 radical (unpaired) electrons. The molecule has 1 unspecified atom stereocenters. The predicted molar refractivity (Wildman–Crippen MR) is 75.2 cm³/mol. The average Bonchev–Trinajstić information content (AvgIpc) is 2.87. The highest BCUT2D eigenvalue weighted by molar-refractivity contribution is 5.78. The fourth-order valence-corrected chi connectivity index (χ4v) is 2.69. The van der Waals surface area contributed by atoms with Gasteiger partial charge < -0.3 is 14.6 Å². The van der Waals surface area contributed by atoms with E-state index < -0.39 is 11.5 Å². The van der Waals surface area contributed by atoms with Gasteiger partial charge in [0, 0.05) is 6.42 Å². The maximum atomic E-state index is 11.7. The van der Waals surface area contributed by atoms with E-state index in [1.54, 1.807) is 6.92 Å². The summed E-state index contributed by atoms with van der Waals surface area (Å²) in [6.45, 7) is 7.35. The first-order valence-electron chi connectivity index (χ1n) is 6.88. The molecule has 1 aromatic carbocycles. The number of likely N-dealkylation sites (N-methyl/N-ethyl adjacent to an activating group) is 1. The molecule has 110 valence electrons. The number of ether oxygens (including phenoxy) is 2. The molecule has 5 nitrogen and oxygen atoms in total. The second-order valence-electron chi connectivity index (χ2n) is 5.12. The Morgan fingerprint density at radius 2 is 1.95 bits per heavy atom. The minimum Gasteiger partial charge on any atom is -0.480 e. The van der Waals surface area contributed by atoms with Crippen LogP contribution in [0.4, 0.5) is 0 Å². The zero-order chi connectivity index (χ0) is 14.8. The van der Waals surface area contributed by atoms with E-state index in [1.807, 2.05) is 36.9 Å². The molecule has 1 atom stereocenters. The minimum atomic E-state index is -0.919. The lowest BCUT2D eigenvalue weighted by atomic mass is 9.90. The summed E-state index contributed by atoms with van der Waals surface area (Å²) >= 11 is 0. The van der Waals surface area contributed by atoms with Gasteiger partial charge in [-0.05, 0) is 37.7 Å². The summed E-state index contributed by atoms with van der Waals surface area (Å²) < 4.78 is 10.6. The van der Waals surface area contributed by atoms with E-state index in [4.69, 9.17) is 9.47 Å². The van der Waals surface area contributed by atoms with Gasteiger partial charge in [-0.2, -0.15) is 0 Å². The summed E-state index contributed by atoms with van der Waals surface area (Å²) in [5.74, 6) is 0.599. The number of hydrogen-bond acceptors (Lipinski definition) is 4. The van der Waals surface area contributed by atoms with Crippen LogP contribution >= 0.6 is 0 Å². The van der Waals surface area contributed by atoms with Gasteiger partial charge in [0.05, 0.1) is 0 Å². The smallest absolute Gasteiger partial charge is 0.324 e. The molecule has 0 spiro atoms. The number of hydrogen-bond donors (Lipinski definition) is 1. The standard InChI is InChI=1S/C15H21NO4/c1-4-16(5-2)15(3,14(17)18)9-11-6-7-12-13(8-11)20-10-19-12/h6-8H,4-5,9-10H2,1-3H3,(H,17,18). The van der Waals surface area contributed by atoms with E-state index >= 15 is 0 Å². The van der Waals surface area contributed by atoms with Crippen molar-refractivity contribution in [3.8, 4) is 11.5 Å². The molecule has 1 aliphatic rings. The van der Waals surface area contributed by atoms with Crippen LogP contribution in [-0.4, -0.2) is 41.4 Å². The predicted octanol–water partition coefficient (Wildman–Crippen LogP) is 2.14. The first kappa shape index (κ1) is 14.7. The number of benzene rings is 1. The summed E-state index contributed by atoms with van der Waals surface area (Å²) in [7, 11) is 0. The zero-order valence-electron chi connectivity index (χ0n) is 12.2. The molecular weight excluding hydrogens is 258 g/mol. The highest BCUT2D eigenvalue weighted by Crippen LogP contribution is 2.34. The van der Waals surface area contributed by atoms with Gasteiger partial charge in [-0.25, -0.2) is 0 Å². The normalized spacial score (nSPS) is 16.2. The molecule has 0 saturated carbocycles. The first-order valence-corrected chi connectivity index (χ1v) is 6.88. The van der Waals surface area contributed by atoms with Gasteiger partial charge in [0.25, 0.3) is 0 Å². The van der Waals surface area contributed by atoms with E-state index in [0.29, 0.717) is 31.0 Å². The molecule has 0 aliphatic carbocycles. The van der Waals surface area contributed by atoms with Crippen LogP contribution < -0.4 is 9.47 Å².